The highest BCUT2D eigenvalue weighted by Gasteiger charge is 2.50. The number of nitrogens with one attached hydrogen (secondary N) is 2. The van der Waals surface area contributed by atoms with Gasteiger partial charge in [0.1, 0.15) is 24.1 Å². The molecule has 1 aliphatic heterocycles. The number of aliphatic hydroxyl groups is 1. The molecule has 5 rings (SSSR count). The van der Waals surface area contributed by atoms with Crippen LogP contribution >= 0.6 is 0 Å². The van der Waals surface area contributed by atoms with Crippen molar-refractivity contribution in [3.63, 3.8) is 0 Å². The summed E-state index contributed by atoms with van der Waals surface area (Å²) in [7, 11) is -3.83. The number of amides is 2. The molecule has 5 atom stereocenters. The zero-order valence-corrected chi connectivity index (χ0v) is 22.4. The van der Waals surface area contributed by atoms with Crippen molar-refractivity contribution < 1.29 is 32.7 Å². The van der Waals surface area contributed by atoms with Crippen LogP contribution in [0.15, 0.2) is 52.4 Å². The van der Waals surface area contributed by atoms with E-state index in [1.165, 1.54) is 29.3 Å². The predicted molar refractivity (Wildman–Crippen MR) is 139 cm³/mol. The Balaban J connectivity index is 1.37. The molecule has 2 amide bonds. The largest absolute Gasteiger partial charge is 0.389 e. The van der Waals surface area contributed by atoms with Crippen LogP contribution in [0.4, 0.5) is 0 Å². The van der Waals surface area contributed by atoms with Gasteiger partial charge in [-0.1, -0.05) is 24.6 Å². The normalized spacial score (nSPS) is 25.5. The lowest BCUT2D eigenvalue weighted by atomic mass is 9.91. The second-order valence-corrected chi connectivity index (χ2v) is 12.7. The van der Waals surface area contributed by atoms with Gasteiger partial charge in [-0.05, 0) is 62.1 Å². The van der Waals surface area contributed by atoms with Gasteiger partial charge in [-0.3, -0.25) is 19.2 Å². The Morgan fingerprint density at radius 2 is 1.85 bits per heavy atom. The topological polar surface area (TPSA) is 154 Å². The maximum Gasteiger partial charge on any atom is 0.271 e. The number of aliphatic hydroxyl groups excluding tert-OH is 1. The lowest BCUT2D eigenvalue weighted by molar-refractivity contribution is -0.133. The number of nitrogens with zero attached hydrogens (tertiary/aromatic N) is 1. The van der Waals surface area contributed by atoms with Crippen molar-refractivity contribution >= 4 is 33.2 Å². The molecule has 1 aromatic heterocycles. The lowest BCUT2D eigenvalue weighted by Gasteiger charge is -2.29. The number of sulfone groups is 1. The molecule has 2 heterocycles. The van der Waals surface area contributed by atoms with Gasteiger partial charge in [0.2, 0.25) is 15.7 Å². The Labute approximate surface area is 227 Å². The first kappa shape index (κ1) is 27.3. The molecular weight excluding hydrogens is 522 g/mol. The van der Waals surface area contributed by atoms with Crippen LogP contribution in [0.25, 0.3) is 0 Å². The van der Waals surface area contributed by atoms with E-state index in [9.17, 15) is 32.7 Å². The van der Waals surface area contributed by atoms with Crippen molar-refractivity contribution in [2.45, 2.75) is 66.8 Å². The molecule has 208 valence electrons. The molecule has 11 heteroatoms. The second-order valence-electron chi connectivity index (χ2n) is 10.8. The number of likely N-dealkylation sites (tertiary alicyclic amines) is 1. The van der Waals surface area contributed by atoms with Crippen LogP contribution in [0.3, 0.4) is 0 Å². The van der Waals surface area contributed by atoms with Crippen molar-refractivity contribution in [3.05, 3.63) is 48.3 Å². The SMILES string of the molecule is O=C1CCC[C@H]1C[C@H](NC(=O)[C@@H]1[C@H]2CCC[C@H]2CN1C(=O)c1cc(S(=O)(=O)c2ccccc2)c[nH]1)C(=O)CO. The number of benzene rings is 1. The molecule has 1 saturated heterocycles. The molecule has 1 aromatic carbocycles. The lowest BCUT2D eigenvalue weighted by Crippen LogP contribution is -2.53. The minimum Gasteiger partial charge on any atom is -0.389 e. The number of hydrogen-bond donors (Lipinski definition) is 3. The van der Waals surface area contributed by atoms with Crippen molar-refractivity contribution in [2.75, 3.05) is 13.2 Å². The van der Waals surface area contributed by atoms with Gasteiger partial charge in [0, 0.05) is 25.1 Å². The number of fused-ring (bicyclic) bond motifs is 1. The van der Waals surface area contributed by atoms with E-state index in [1.54, 1.807) is 18.2 Å². The maximum atomic E-state index is 13.6. The number of hydrogen-bond acceptors (Lipinski definition) is 7. The van der Waals surface area contributed by atoms with E-state index in [1.807, 2.05) is 0 Å². The Morgan fingerprint density at radius 3 is 2.54 bits per heavy atom. The molecule has 39 heavy (non-hydrogen) atoms. The number of carbonyl (C=O) groups excluding carboxylic acids is 4. The summed E-state index contributed by atoms with van der Waals surface area (Å²) in [5.41, 5.74) is 0.0572. The number of Topliss-reactive ketones (excluding diaryl/α,β-unsaturated/α-hetero) is 2. The summed E-state index contributed by atoms with van der Waals surface area (Å²) >= 11 is 0. The summed E-state index contributed by atoms with van der Waals surface area (Å²) in [6.07, 6.45) is 5.79. The van der Waals surface area contributed by atoms with Crippen LogP contribution in [-0.4, -0.2) is 72.0 Å². The average Bonchev–Trinajstić information content (AvgIpc) is 3.73. The number of H-pyrrole nitrogens is 1. The van der Waals surface area contributed by atoms with Gasteiger partial charge in [0.25, 0.3) is 5.91 Å². The molecule has 3 N–H and O–H groups in total. The first-order valence-electron chi connectivity index (χ1n) is 13.5. The number of ketones is 2. The third-order valence-corrected chi connectivity index (χ3v) is 10.2. The number of aromatic amines is 1. The van der Waals surface area contributed by atoms with Gasteiger partial charge in [-0.25, -0.2) is 8.42 Å². The van der Waals surface area contributed by atoms with E-state index >= 15 is 0 Å². The van der Waals surface area contributed by atoms with Crippen LogP contribution in [0.5, 0.6) is 0 Å². The summed E-state index contributed by atoms with van der Waals surface area (Å²) in [6.45, 7) is -0.409. The quantitative estimate of drug-likeness (QED) is 0.427. The third-order valence-electron chi connectivity index (χ3n) is 8.48. The molecule has 3 fully saturated rings. The third kappa shape index (κ3) is 5.29. The van der Waals surface area contributed by atoms with E-state index < -0.39 is 46.1 Å². The van der Waals surface area contributed by atoms with Crippen molar-refractivity contribution in [1.29, 1.82) is 0 Å². The summed E-state index contributed by atoms with van der Waals surface area (Å²) < 4.78 is 26.0. The molecule has 0 spiro atoms. The van der Waals surface area contributed by atoms with E-state index in [0.29, 0.717) is 19.4 Å². The van der Waals surface area contributed by atoms with E-state index in [4.69, 9.17) is 0 Å². The Hall–Kier alpha value is -3.31. The first-order chi connectivity index (χ1) is 18.7. The van der Waals surface area contributed by atoms with Gasteiger partial charge >= 0.3 is 0 Å². The Morgan fingerprint density at radius 1 is 1.08 bits per heavy atom. The molecule has 10 nitrogen and oxygen atoms in total. The standard InChI is InChI=1S/C28H33N3O7S/c32-16-25(34)22(12-17-6-5-11-24(17)33)30-27(35)26-21-10-4-7-18(21)15-31(26)28(36)23-13-20(14-29-23)39(37,38)19-8-2-1-3-9-19/h1-3,8-9,13-14,17-18,21-22,26,29,32H,4-7,10-12,15-16H2,(H,30,35)/t17-,18-,21-,22-,26-/m0/s1. The Bertz CT molecular complexity index is 1370. The number of aromatic nitrogens is 1. The zero-order valence-electron chi connectivity index (χ0n) is 21.5. The van der Waals surface area contributed by atoms with E-state index in [2.05, 4.69) is 10.3 Å². The molecule has 0 unspecified atom stereocenters. The van der Waals surface area contributed by atoms with Crippen LogP contribution in [0.1, 0.15) is 55.4 Å². The molecule has 0 bridgehead atoms. The fourth-order valence-corrected chi connectivity index (χ4v) is 7.73. The number of rotatable bonds is 9. The maximum absolute atomic E-state index is 13.6. The first-order valence-corrected chi connectivity index (χ1v) is 14.9. The highest BCUT2D eigenvalue weighted by Crippen LogP contribution is 2.43. The summed E-state index contributed by atoms with van der Waals surface area (Å²) in [5, 5.41) is 12.3. The van der Waals surface area contributed by atoms with Gasteiger partial charge in [-0.15, -0.1) is 0 Å². The highest BCUT2D eigenvalue weighted by atomic mass is 32.2. The van der Waals surface area contributed by atoms with Gasteiger partial charge in [-0.2, -0.15) is 0 Å². The van der Waals surface area contributed by atoms with E-state index in [-0.39, 0.29) is 45.4 Å². The summed E-state index contributed by atoms with van der Waals surface area (Å²) in [5.74, 6) is -1.79. The van der Waals surface area contributed by atoms with E-state index in [0.717, 1.165) is 25.7 Å². The van der Waals surface area contributed by atoms with Crippen molar-refractivity contribution in [3.8, 4) is 0 Å². The van der Waals surface area contributed by atoms with Gasteiger partial charge in [0.15, 0.2) is 5.78 Å². The van der Waals surface area contributed by atoms with Crippen LogP contribution in [-0.2, 0) is 24.2 Å². The molecular formula is C28H33N3O7S. The number of carbonyl (C=O) groups is 4. The van der Waals surface area contributed by atoms with Crippen LogP contribution in [0.2, 0.25) is 0 Å². The Kier molecular flexibility index (Phi) is 7.73. The smallest absolute Gasteiger partial charge is 0.271 e. The van der Waals surface area contributed by atoms with Gasteiger partial charge in [0.05, 0.1) is 15.8 Å². The average molecular weight is 556 g/mol. The van der Waals surface area contributed by atoms with Crippen LogP contribution in [0, 0.1) is 17.8 Å². The monoisotopic (exact) mass is 555 g/mol. The van der Waals surface area contributed by atoms with Crippen molar-refractivity contribution in [1.82, 2.24) is 15.2 Å². The van der Waals surface area contributed by atoms with Crippen LogP contribution < -0.4 is 5.32 Å². The fourth-order valence-electron chi connectivity index (χ4n) is 6.45. The highest BCUT2D eigenvalue weighted by molar-refractivity contribution is 7.91. The molecule has 2 aromatic rings. The predicted octanol–water partition coefficient (Wildman–Crippen LogP) is 1.89. The molecule has 2 saturated carbocycles. The zero-order chi connectivity index (χ0) is 27.7. The molecule has 3 aliphatic rings. The van der Waals surface area contributed by atoms with Crippen molar-refractivity contribution in [2.24, 2.45) is 17.8 Å². The minimum atomic E-state index is -3.83. The second kappa shape index (κ2) is 11.1. The fraction of sp³-hybridized carbons (Fsp3) is 0.500. The molecule has 0 radical (unpaired) electrons. The molecule has 2 aliphatic carbocycles. The summed E-state index contributed by atoms with van der Waals surface area (Å²) in [4.78, 5) is 56.3. The van der Waals surface area contributed by atoms with Gasteiger partial charge < -0.3 is 20.3 Å². The summed E-state index contributed by atoms with van der Waals surface area (Å²) in [6, 6.07) is 7.35. The minimum absolute atomic E-state index is 0.0488.